The van der Waals surface area contributed by atoms with Crippen molar-refractivity contribution in [3.05, 3.63) is 89.5 Å². The number of nitrogen functional groups attached to an aromatic ring is 1. The van der Waals surface area contributed by atoms with E-state index in [0.717, 1.165) is 0 Å². The lowest BCUT2D eigenvalue weighted by atomic mass is 10.0. The summed E-state index contributed by atoms with van der Waals surface area (Å²) in [5.74, 6) is 0.175. The maximum absolute atomic E-state index is 15.8. The fourth-order valence-corrected chi connectivity index (χ4v) is 3.60. The van der Waals surface area contributed by atoms with E-state index in [-0.39, 0.29) is 29.1 Å². The first kappa shape index (κ1) is 24.6. The normalized spacial score (nSPS) is 11.8. The van der Waals surface area contributed by atoms with Gasteiger partial charge in [-0.3, -0.25) is 5.41 Å². The first-order valence-electron chi connectivity index (χ1n) is 11.5. The Hall–Kier alpha value is -4.47. The van der Waals surface area contributed by atoms with Crippen LogP contribution in [0.1, 0.15) is 43.8 Å². The molecule has 0 saturated carbocycles. The summed E-state index contributed by atoms with van der Waals surface area (Å²) in [6, 6.07) is 18.5. The average molecular weight is 490 g/mol. The van der Waals surface area contributed by atoms with Crippen LogP contribution >= 0.6 is 0 Å². The van der Waals surface area contributed by atoms with E-state index in [0.29, 0.717) is 29.3 Å². The molecule has 1 unspecified atom stereocenters. The van der Waals surface area contributed by atoms with Gasteiger partial charge in [-0.25, -0.2) is 4.39 Å². The number of benzene rings is 3. The highest BCUT2D eigenvalue weighted by molar-refractivity contribution is 5.95. The van der Waals surface area contributed by atoms with Gasteiger partial charge in [-0.2, -0.15) is 0 Å². The second kappa shape index (κ2) is 10.9. The molecular formula is C26H28FN7O2. The highest BCUT2D eigenvalue weighted by atomic mass is 19.1. The summed E-state index contributed by atoms with van der Waals surface area (Å²) in [5.41, 5.74) is 7.75. The Balaban J connectivity index is 1.81. The molecule has 4 rings (SSSR count). The van der Waals surface area contributed by atoms with Crippen molar-refractivity contribution in [2.75, 3.05) is 11.9 Å². The molecule has 0 bridgehead atoms. The first-order valence-corrected chi connectivity index (χ1v) is 11.5. The Kier molecular flexibility index (Phi) is 7.43. The van der Waals surface area contributed by atoms with E-state index < -0.39 is 11.9 Å². The van der Waals surface area contributed by atoms with Crippen LogP contribution in [0.25, 0.3) is 5.69 Å². The Morgan fingerprint density at radius 3 is 2.47 bits per heavy atom. The van der Waals surface area contributed by atoms with Gasteiger partial charge in [-0.1, -0.05) is 18.2 Å². The molecule has 0 amide bonds. The SMILES string of the molecule is CCOc1cc(OC(C)C)c(F)c(C(Nc2ccc(C(=N)N)cc2)c2nnn(-c3ccccc3)n2)c1. The number of nitrogens with one attached hydrogen (secondary N) is 2. The zero-order valence-electron chi connectivity index (χ0n) is 20.3. The maximum atomic E-state index is 15.8. The monoisotopic (exact) mass is 489 g/mol. The van der Waals surface area contributed by atoms with Crippen molar-refractivity contribution >= 4 is 11.5 Å². The van der Waals surface area contributed by atoms with Gasteiger partial charge in [0.15, 0.2) is 11.6 Å². The van der Waals surface area contributed by atoms with E-state index in [1.165, 1.54) is 10.9 Å². The van der Waals surface area contributed by atoms with Crippen molar-refractivity contribution in [1.29, 1.82) is 5.41 Å². The number of tetrazole rings is 1. The van der Waals surface area contributed by atoms with Gasteiger partial charge in [0.05, 0.1) is 18.4 Å². The zero-order chi connectivity index (χ0) is 25.7. The highest BCUT2D eigenvalue weighted by Gasteiger charge is 2.27. The molecule has 1 heterocycles. The number of nitrogens with two attached hydrogens (primary N) is 1. The summed E-state index contributed by atoms with van der Waals surface area (Å²) in [4.78, 5) is 1.39. The zero-order valence-corrected chi connectivity index (χ0v) is 20.3. The molecule has 0 aliphatic rings. The molecule has 36 heavy (non-hydrogen) atoms. The van der Waals surface area contributed by atoms with Gasteiger partial charge in [0, 0.05) is 22.9 Å². The second-order valence-electron chi connectivity index (χ2n) is 8.27. The molecule has 4 aromatic rings. The van der Waals surface area contributed by atoms with Crippen molar-refractivity contribution in [1.82, 2.24) is 20.2 Å². The number of aromatic nitrogens is 4. The number of halogens is 1. The van der Waals surface area contributed by atoms with Crippen LogP contribution in [-0.4, -0.2) is 38.8 Å². The van der Waals surface area contributed by atoms with E-state index in [9.17, 15) is 0 Å². The van der Waals surface area contributed by atoms with E-state index in [1.807, 2.05) is 51.1 Å². The third-order valence-corrected chi connectivity index (χ3v) is 5.21. The Labute approximate surface area is 208 Å². The summed E-state index contributed by atoms with van der Waals surface area (Å²) in [7, 11) is 0. The van der Waals surface area contributed by atoms with Gasteiger partial charge in [0.25, 0.3) is 0 Å². The molecule has 0 fully saturated rings. The van der Waals surface area contributed by atoms with Gasteiger partial charge < -0.3 is 20.5 Å². The van der Waals surface area contributed by atoms with E-state index >= 15 is 4.39 Å². The number of para-hydroxylation sites is 1. The molecule has 3 aromatic carbocycles. The topological polar surface area (TPSA) is 124 Å². The number of ether oxygens (including phenoxy) is 2. The highest BCUT2D eigenvalue weighted by Crippen LogP contribution is 2.35. The summed E-state index contributed by atoms with van der Waals surface area (Å²) in [5, 5.41) is 23.9. The smallest absolute Gasteiger partial charge is 0.202 e. The van der Waals surface area contributed by atoms with E-state index in [4.69, 9.17) is 20.6 Å². The predicted octanol–water partition coefficient (Wildman–Crippen LogP) is 4.47. The van der Waals surface area contributed by atoms with Crippen LogP contribution in [0.4, 0.5) is 10.1 Å². The first-order chi connectivity index (χ1) is 17.4. The minimum atomic E-state index is -0.833. The van der Waals surface area contributed by atoms with Crippen LogP contribution in [0.15, 0.2) is 66.7 Å². The number of rotatable bonds is 10. The van der Waals surface area contributed by atoms with Crippen LogP contribution in [0, 0.1) is 11.2 Å². The van der Waals surface area contributed by atoms with Crippen molar-refractivity contribution in [2.24, 2.45) is 5.73 Å². The minimum absolute atomic E-state index is 0.0449. The van der Waals surface area contributed by atoms with Crippen molar-refractivity contribution in [3.63, 3.8) is 0 Å². The molecule has 0 aliphatic carbocycles. The van der Waals surface area contributed by atoms with Gasteiger partial charge in [0.2, 0.25) is 5.82 Å². The predicted molar refractivity (Wildman–Crippen MR) is 135 cm³/mol. The summed E-state index contributed by atoms with van der Waals surface area (Å²) >= 11 is 0. The molecular weight excluding hydrogens is 461 g/mol. The van der Waals surface area contributed by atoms with Gasteiger partial charge in [0.1, 0.15) is 17.6 Å². The average Bonchev–Trinajstić information content (AvgIpc) is 3.35. The fourth-order valence-electron chi connectivity index (χ4n) is 3.60. The minimum Gasteiger partial charge on any atom is -0.494 e. The van der Waals surface area contributed by atoms with Crippen LogP contribution in [0.2, 0.25) is 0 Å². The van der Waals surface area contributed by atoms with Gasteiger partial charge in [-0.15, -0.1) is 15.0 Å². The van der Waals surface area contributed by atoms with Gasteiger partial charge in [-0.05, 0) is 68.4 Å². The lowest BCUT2D eigenvalue weighted by molar-refractivity contribution is 0.228. The Morgan fingerprint density at radius 1 is 1.11 bits per heavy atom. The molecule has 0 radical (unpaired) electrons. The third kappa shape index (κ3) is 5.60. The van der Waals surface area contributed by atoms with E-state index in [2.05, 4.69) is 20.7 Å². The molecule has 4 N–H and O–H groups in total. The van der Waals surface area contributed by atoms with Crippen molar-refractivity contribution in [3.8, 4) is 17.2 Å². The lowest BCUT2D eigenvalue weighted by Gasteiger charge is -2.21. The molecule has 10 heteroatoms. The number of nitrogens with zero attached hydrogens (tertiary/aromatic N) is 4. The fraction of sp³-hybridized carbons (Fsp3) is 0.231. The van der Waals surface area contributed by atoms with Crippen LogP contribution in [0.5, 0.6) is 11.5 Å². The lowest BCUT2D eigenvalue weighted by Crippen LogP contribution is -2.18. The standard InChI is InChI=1S/C26H28FN7O2/c1-4-35-20-14-21(23(27)22(15-20)36-16(2)3)24(30-18-12-10-17(11-13-18)25(28)29)26-31-33-34(32-26)19-8-6-5-7-9-19/h5-16,24,30H,4H2,1-3H3,(H3,28,29). The van der Waals surface area contributed by atoms with Crippen LogP contribution < -0.4 is 20.5 Å². The van der Waals surface area contributed by atoms with E-state index in [1.54, 1.807) is 30.3 Å². The Morgan fingerprint density at radius 2 is 1.83 bits per heavy atom. The quantitative estimate of drug-likeness (QED) is 0.222. The molecule has 0 aliphatic heterocycles. The van der Waals surface area contributed by atoms with Gasteiger partial charge >= 0.3 is 0 Å². The molecule has 1 aromatic heterocycles. The number of hydrogen-bond acceptors (Lipinski definition) is 7. The number of hydrogen-bond donors (Lipinski definition) is 3. The summed E-state index contributed by atoms with van der Waals surface area (Å²) in [6.07, 6.45) is -0.244. The number of anilines is 1. The molecule has 186 valence electrons. The van der Waals surface area contributed by atoms with Crippen LogP contribution in [0.3, 0.4) is 0 Å². The maximum Gasteiger partial charge on any atom is 0.202 e. The Bertz CT molecular complexity index is 1320. The molecule has 9 nitrogen and oxygen atoms in total. The van der Waals surface area contributed by atoms with Crippen molar-refractivity contribution in [2.45, 2.75) is 32.9 Å². The summed E-state index contributed by atoms with van der Waals surface area (Å²) in [6.45, 7) is 5.90. The van der Waals surface area contributed by atoms with Crippen LogP contribution in [-0.2, 0) is 0 Å². The third-order valence-electron chi connectivity index (χ3n) is 5.21. The summed E-state index contributed by atoms with van der Waals surface area (Å²) < 4.78 is 27.3. The van der Waals surface area contributed by atoms with Crippen molar-refractivity contribution < 1.29 is 13.9 Å². The molecule has 0 spiro atoms. The number of amidine groups is 1. The second-order valence-corrected chi connectivity index (χ2v) is 8.27. The molecule has 1 atom stereocenters. The molecule has 0 saturated heterocycles. The largest absolute Gasteiger partial charge is 0.494 e.